The average molecular weight is 385 g/mol. The summed E-state index contributed by atoms with van der Waals surface area (Å²) in [5.74, 6) is -0.0515. The summed E-state index contributed by atoms with van der Waals surface area (Å²) in [5, 5.41) is 1.84. The number of benzene rings is 3. The minimum Gasteiger partial charge on any atom is -0.312 e. The Morgan fingerprint density at radius 1 is 0.897 bits per heavy atom. The highest BCUT2D eigenvalue weighted by Gasteiger charge is 2.22. The standard InChI is InChI=1S/C24H23N3O2/c28-23-12-7-17-26(23)21-15-13-20(14-16-21)24(29)25-27(22-10-5-2-6-11-22)18-19-8-3-1-4-9-19/h1-6,8-11,13-16H,7,12,17-18H2,(H,25,29). The van der Waals surface area contributed by atoms with Crippen LogP contribution in [-0.2, 0) is 11.3 Å². The van der Waals surface area contributed by atoms with Crippen molar-refractivity contribution in [3.05, 3.63) is 96.1 Å². The van der Waals surface area contributed by atoms with E-state index in [4.69, 9.17) is 0 Å². The van der Waals surface area contributed by atoms with E-state index in [2.05, 4.69) is 5.43 Å². The minimum absolute atomic E-state index is 0.139. The molecule has 1 saturated heterocycles. The van der Waals surface area contributed by atoms with Gasteiger partial charge in [0, 0.05) is 24.2 Å². The lowest BCUT2D eigenvalue weighted by Crippen LogP contribution is -2.42. The SMILES string of the molecule is O=C(NN(Cc1ccccc1)c1ccccc1)c1ccc(N2CCCC2=O)cc1. The summed E-state index contributed by atoms with van der Waals surface area (Å²) in [6.45, 7) is 1.29. The van der Waals surface area contributed by atoms with E-state index in [-0.39, 0.29) is 11.8 Å². The molecule has 0 aromatic heterocycles. The third-order valence-corrected chi connectivity index (χ3v) is 5.00. The molecule has 0 saturated carbocycles. The molecule has 4 rings (SSSR count). The molecule has 29 heavy (non-hydrogen) atoms. The van der Waals surface area contributed by atoms with Gasteiger partial charge >= 0.3 is 0 Å². The fourth-order valence-corrected chi connectivity index (χ4v) is 3.47. The number of hydrogen-bond acceptors (Lipinski definition) is 3. The largest absolute Gasteiger partial charge is 0.312 e. The van der Waals surface area contributed by atoms with Gasteiger partial charge in [0.15, 0.2) is 0 Å². The lowest BCUT2D eigenvalue weighted by molar-refractivity contribution is -0.117. The maximum atomic E-state index is 12.9. The van der Waals surface area contributed by atoms with Crippen LogP contribution in [0, 0.1) is 0 Å². The molecule has 146 valence electrons. The van der Waals surface area contributed by atoms with Crippen LogP contribution in [0.25, 0.3) is 0 Å². The summed E-state index contributed by atoms with van der Waals surface area (Å²) in [7, 11) is 0. The number of nitrogens with zero attached hydrogens (tertiary/aromatic N) is 2. The van der Waals surface area contributed by atoms with E-state index in [0.717, 1.165) is 29.9 Å². The Morgan fingerprint density at radius 2 is 1.55 bits per heavy atom. The molecule has 2 amide bonds. The highest BCUT2D eigenvalue weighted by molar-refractivity contribution is 5.98. The van der Waals surface area contributed by atoms with Gasteiger partial charge in [-0.05, 0) is 48.4 Å². The quantitative estimate of drug-likeness (QED) is 0.648. The van der Waals surface area contributed by atoms with Gasteiger partial charge in [0.2, 0.25) is 5.91 Å². The maximum absolute atomic E-state index is 12.9. The molecule has 0 spiro atoms. The van der Waals surface area contributed by atoms with Crippen molar-refractivity contribution in [2.24, 2.45) is 0 Å². The number of nitrogens with one attached hydrogen (secondary N) is 1. The van der Waals surface area contributed by atoms with E-state index in [9.17, 15) is 9.59 Å². The molecule has 0 radical (unpaired) electrons. The molecule has 1 heterocycles. The van der Waals surface area contributed by atoms with E-state index in [1.54, 1.807) is 17.0 Å². The second kappa shape index (κ2) is 8.61. The first-order valence-corrected chi connectivity index (χ1v) is 9.78. The van der Waals surface area contributed by atoms with Gasteiger partial charge in [-0.1, -0.05) is 48.5 Å². The zero-order valence-electron chi connectivity index (χ0n) is 16.1. The Morgan fingerprint density at radius 3 is 2.17 bits per heavy atom. The second-order valence-electron chi connectivity index (χ2n) is 7.04. The molecule has 0 atom stereocenters. The number of amides is 2. The van der Waals surface area contributed by atoms with Gasteiger partial charge in [0.05, 0.1) is 12.2 Å². The molecule has 0 bridgehead atoms. The summed E-state index contributed by atoms with van der Waals surface area (Å²) in [6, 6.07) is 27.0. The van der Waals surface area contributed by atoms with Gasteiger partial charge in [-0.2, -0.15) is 0 Å². The second-order valence-corrected chi connectivity index (χ2v) is 7.04. The molecule has 1 N–H and O–H groups in total. The van der Waals surface area contributed by atoms with Crippen molar-refractivity contribution in [1.82, 2.24) is 5.43 Å². The van der Waals surface area contributed by atoms with E-state index in [1.807, 2.05) is 77.8 Å². The van der Waals surface area contributed by atoms with E-state index in [0.29, 0.717) is 18.5 Å². The number of para-hydroxylation sites is 1. The Kier molecular flexibility index (Phi) is 5.56. The number of anilines is 2. The van der Waals surface area contributed by atoms with Crippen LogP contribution in [0.1, 0.15) is 28.8 Å². The van der Waals surface area contributed by atoms with Crippen LogP contribution < -0.4 is 15.3 Å². The van der Waals surface area contributed by atoms with Crippen LogP contribution in [-0.4, -0.2) is 18.4 Å². The first kappa shape index (κ1) is 18.7. The molecule has 0 aliphatic carbocycles. The van der Waals surface area contributed by atoms with E-state index in [1.165, 1.54) is 0 Å². The smallest absolute Gasteiger partial charge is 0.269 e. The minimum atomic E-state index is -0.191. The van der Waals surface area contributed by atoms with Crippen LogP contribution >= 0.6 is 0 Å². The van der Waals surface area contributed by atoms with Crippen LogP contribution in [0.5, 0.6) is 0 Å². The fourth-order valence-electron chi connectivity index (χ4n) is 3.47. The molecule has 5 nitrogen and oxygen atoms in total. The van der Waals surface area contributed by atoms with Crippen LogP contribution in [0.15, 0.2) is 84.9 Å². The first-order valence-electron chi connectivity index (χ1n) is 9.78. The van der Waals surface area contributed by atoms with Gasteiger partial charge in [0.25, 0.3) is 5.91 Å². The predicted molar refractivity (Wildman–Crippen MR) is 115 cm³/mol. The molecular formula is C24H23N3O2. The van der Waals surface area contributed by atoms with Gasteiger partial charge in [-0.15, -0.1) is 0 Å². The Balaban J connectivity index is 1.51. The van der Waals surface area contributed by atoms with Crippen LogP contribution in [0.2, 0.25) is 0 Å². The Bertz CT molecular complexity index is 972. The Labute approximate surface area is 170 Å². The third-order valence-electron chi connectivity index (χ3n) is 5.00. The highest BCUT2D eigenvalue weighted by atomic mass is 16.2. The molecule has 1 aliphatic heterocycles. The van der Waals surface area contributed by atoms with Crippen molar-refractivity contribution in [3.8, 4) is 0 Å². The molecule has 3 aromatic rings. The molecule has 3 aromatic carbocycles. The molecule has 5 heteroatoms. The fraction of sp³-hybridized carbons (Fsp3) is 0.167. The van der Waals surface area contributed by atoms with Crippen molar-refractivity contribution in [3.63, 3.8) is 0 Å². The number of carbonyl (C=O) groups excluding carboxylic acids is 2. The molecule has 0 unspecified atom stereocenters. The highest BCUT2D eigenvalue weighted by Crippen LogP contribution is 2.22. The van der Waals surface area contributed by atoms with E-state index >= 15 is 0 Å². The summed E-state index contributed by atoms with van der Waals surface area (Å²) in [6.07, 6.45) is 1.47. The van der Waals surface area contributed by atoms with Crippen LogP contribution in [0.3, 0.4) is 0 Å². The van der Waals surface area contributed by atoms with Gasteiger partial charge < -0.3 is 4.90 Å². The summed E-state index contributed by atoms with van der Waals surface area (Å²) in [5.41, 5.74) is 6.40. The zero-order valence-corrected chi connectivity index (χ0v) is 16.1. The lowest BCUT2D eigenvalue weighted by atomic mass is 10.2. The van der Waals surface area contributed by atoms with Gasteiger partial charge in [-0.3, -0.25) is 20.0 Å². The van der Waals surface area contributed by atoms with Gasteiger partial charge in [0.1, 0.15) is 0 Å². The maximum Gasteiger partial charge on any atom is 0.269 e. The van der Waals surface area contributed by atoms with Crippen molar-refractivity contribution in [2.45, 2.75) is 19.4 Å². The number of carbonyl (C=O) groups is 2. The normalized spacial score (nSPS) is 13.4. The summed E-state index contributed by atoms with van der Waals surface area (Å²) < 4.78 is 0. The number of hydrogen-bond donors (Lipinski definition) is 1. The number of hydrazine groups is 1. The first-order chi connectivity index (χ1) is 14.2. The predicted octanol–water partition coefficient (Wildman–Crippen LogP) is 4.17. The van der Waals surface area contributed by atoms with Crippen molar-refractivity contribution >= 4 is 23.2 Å². The number of rotatable bonds is 6. The van der Waals surface area contributed by atoms with Gasteiger partial charge in [-0.25, -0.2) is 0 Å². The van der Waals surface area contributed by atoms with Crippen molar-refractivity contribution in [2.75, 3.05) is 16.5 Å². The average Bonchev–Trinajstić information content (AvgIpc) is 3.20. The lowest BCUT2D eigenvalue weighted by Gasteiger charge is -2.26. The van der Waals surface area contributed by atoms with Crippen molar-refractivity contribution in [1.29, 1.82) is 0 Å². The zero-order chi connectivity index (χ0) is 20.1. The Hall–Kier alpha value is -3.60. The monoisotopic (exact) mass is 385 g/mol. The van der Waals surface area contributed by atoms with E-state index < -0.39 is 0 Å². The molecule has 1 fully saturated rings. The van der Waals surface area contributed by atoms with Crippen molar-refractivity contribution < 1.29 is 9.59 Å². The molecule has 1 aliphatic rings. The molecular weight excluding hydrogens is 362 g/mol. The van der Waals surface area contributed by atoms with Crippen LogP contribution in [0.4, 0.5) is 11.4 Å². The third kappa shape index (κ3) is 4.46. The summed E-state index contributed by atoms with van der Waals surface area (Å²) in [4.78, 5) is 26.6. The topological polar surface area (TPSA) is 52.7 Å². The summed E-state index contributed by atoms with van der Waals surface area (Å²) >= 11 is 0.